The van der Waals surface area contributed by atoms with E-state index < -0.39 is 10.0 Å². The van der Waals surface area contributed by atoms with E-state index in [1.165, 1.54) is 12.1 Å². The topological polar surface area (TPSA) is 46.2 Å². The second kappa shape index (κ2) is 6.42. The highest BCUT2D eigenvalue weighted by Crippen LogP contribution is 2.48. The lowest BCUT2D eigenvalue weighted by molar-refractivity contribution is 0.480. The SMILES string of the molecule is O=S(=O)(NCC1(CCBr)CC1)c1c(Cl)cc(Br)cc1Cl. The molecule has 1 saturated carbocycles. The maximum Gasteiger partial charge on any atom is 0.243 e. The van der Waals surface area contributed by atoms with Crippen LogP contribution in [0.3, 0.4) is 0 Å². The number of alkyl halides is 1. The summed E-state index contributed by atoms with van der Waals surface area (Å²) in [6.07, 6.45) is 3.04. The summed E-state index contributed by atoms with van der Waals surface area (Å²) in [4.78, 5) is -0.0568. The molecule has 0 saturated heterocycles. The van der Waals surface area contributed by atoms with Crippen molar-refractivity contribution in [2.75, 3.05) is 11.9 Å². The molecule has 112 valence electrons. The van der Waals surface area contributed by atoms with Gasteiger partial charge in [-0.05, 0) is 36.8 Å². The van der Waals surface area contributed by atoms with E-state index in [0.29, 0.717) is 11.0 Å². The first-order valence-corrected chi connectivity index (χ1v) is 10.2. The molecule has 3 nitrogen and oxygen atoms in total. The molecule has 20 heavy (non-hydrogen) atoms. The first-order chi connectivity index (χ1) is 9.30. The summed E-state index contributed by atoms with van der Waals surface area (Å²) in [5, 5.41) is 1.10. The fourth-order valence-electron chi connectivity index (χ4n) is 2.00. The fraction of sp³-hybridized carbons (Fsp3) is 0.500. The molecule has 0 aromatic heterocycles. The van der Waals surface area contributed by atoms with E-state index >= 15 is 0 Å². The summed E-state index contributed by atoms with van der Waals surface area (Å²) in [7, 11) is -3.70. The lowest BCUT2D eigenvalue weighted by atomic mass is 10.1. The predicted octanol–water partition coefficient (Wildman–Crippen LogP) is 4.60. The molecule has 1 aliphatic carbocycles. The Labute approximate surface area is 145 Å². The zero-order valence-corrected chi connectivity index (χ0v) is 15.9. The highest BCUT2D eigenvalue weighted by atomic mass is 79.9. The minimum absolute atomic E-state index is 0.0568. The quantitative estimate of drug-likeness (QED) is 0.624. The Morgan fingerprint density at radius 3 is 2.25 bits per heavy atom. The summed E-state index contributed by atoms with van der Waals surface area (Å²) < 4.78 is 28.0. The van der Waals surface area contributed by atoms with Crippen molar-refractivity contribution >= 4 is 65.1 Å². The van der Waals surface area contributed by atoms with Crippen LogP contribution in [-0.4, -0.2) is 20.3 Å². The lowest BCUT2D eigenvalue weighted by Crippen LogP contribution is -2.31. The Kier molecular flexibility index (Phi) is 5.47. The highest BCUT2D eigenvalue weighted by Gasteiger charge is 2.42. The molecule has 0 aliphatic heterocycles. The largest absolute Gasteiger partial charge is 0.243 e. The summed E-state index contributed by atoms with van der Waals surface area (Å²) in [5.41, 5.74) is 0.0882. The standard InChI is InChI=1S/C12H13Br2Cl2NO2S/c13-4-3-12(1-2-12)7-17-20(18,19)11-9(15)5-8(14)6-10(11)16/h5-6,17H,1-4,7H2. The molecule has 1 aromatic rings. The molecule has 1 fully saturated rings. The molecule has 0 atom stereocenters. The van der Waals surface area contributed by atoms with Crippen molar-refractivity contribution < 1.29 is 8.42 Å². The van der Waals surface area contributed by atoms with Gasteiger partial charge in [-0.25, -0.2) is 13.1 Å². The van der Waals surface area contributed by atoms with Crippen LogP contribution in [0.15, 0.2) is 21.5 Å². The van der Waals surface area contributed by atoms with Gasteiger partial charge in [-0.2, -0.15) is 0 Å². The third-order valence-corrected chi connectivity index (χ3v) is 6.63. The fourth-order valence-corrected chi connectivity index (χ4v) is 5.93. The van der Waals surface area contributed by atoms with Gasteiger partial charge in [-0.3, -0.25) is 0 Å². The highest BCUT2D eigenvalue weighted by molar-refractivity contribution is 9.10. The van der Waals surface area contributed by atoms with Crippen LogP contribution in [0.2, 0.25) is 10.0 Å². The van der Waals surface area contributed by atoms with E-state index in [-0.39, 0.29) is 20.4 Å². The minimum Gasteiger partial charge on any atom is -0.210 e. The van der Waals surface area contributed by atoms with Crippen LogP contribution in [0.5, 0.6) is 0 Å². The maximum atomic E-state index is 12.4. The van der Waals surface area contributed by atoms with E-state index in [0.717, 1.165) is 24.6 Å². The summed E-state index contributed by atoms with van der Waals surface area (Å²) >= 11 is 18.6. The Bertz CT molecular complexity index is 595. The van der Waals surface area contributed by atoms with Crippen LogP contribution < -0.4 is 4.72 Å². The Balaban J connectivity index is 2.19. The van der Waals surface area contributed by atoms with Crippen LogP contribution in [0.4, 0.5) is 0 Å². The Morgan fingerprint density at radius 2 is 1.80 bits per heavy atom. The second-order valence-electron chi connectivity index (χ2n) is 4.96. The average molecular weight is 466 g/mol. The van der Waals surface area contributed by atoms with Crippen LogP contribution in [-0.2, 0) is 10.0 Å². The number of rotatable bonds is 6. The van der Waals surface area contributed by atoms with Gasteiger partial charge in [0.1, 0.15) is 4.90 Å². The van der Waals surface area contributed by atoms with Gasteiger partial charge in [0.2, 0.25) is 10.0 Å². The maximum absolute atomic E-state index is 12.4. The molecule has 0 spiro atoms. The molecule has 1 aliphatic rings. The third kappa shape index (κ3) is 3.90. The minimum atomic E-state index is -3.70. The number of hydrogen-bond acceptors (Lipinski definition) is 2. The van der Waals surface area contributed by atoms with Crippen LogP contribution in [0.25, 0.3) is 0 Å². The Hall–Kier alpha value is 0.670. The number of halogens is 4. The molecule has 1 aromatic carbocycles. The van der Waals surface area contributed by atoms with Crippen molar-refractivity contribution in [1.29, 1.82) is 0 Å². The lowest BCUT2D eigenvalue weighted by Gasteiger charge is -2.16. The summed E-state index contributed by atoms with van der Waals surface area (Å²) in [6, 6.07) is 3.04. The molecular formula is C12H13Br2Cl2NO2S. The van der Waals surface area contributed by atoms with Crippen molar-refractivity contribution in [1.82, 2.24) is 4.72 Å². The molecule has 8 heteroatoms. The zero-order valence-electron chi connectivity index (χ0n) is 10.4. The molecule has 0 heterocycles. The molecule has 0 amide bonds. The van der Waals surface area contributed by atoms with Crippen molar-refractivity contribution in [2.24, 2.45) is 5.41 Å². The van der Waals surface area contributed by atoms with Gasteiger partial charge in [0.05, 0.1) is 10.0 Å². The number of benzene rings is 1. The van der Waals surface area contributed by atoms with E-state index in [4.69, 9.17) is 23.2 Å². The molecule has 0 radical (unpaired) electrons. The van der Waals surface area contributed by atoms with Gasteiger partial charge in [-0.15, -0.1) is 0 Å². The van der Waals surface area contributed by atoms with Gasteiger partial charge in [0, 0.05) is 16.3 Å². The van der Waals surface area contributed by atoms with Crippen LogP contribution in [0.1, 0.15) is 19.3 Å². The molecule has 1 N–H and O–H groups in total. The van der Waals surface area contributed by atoms with E-state index in [2.05, 4.69) is 36.6 Å². The van der Waals surface area contributed by atoms with Crippen molar-refractivity contribution in [3.63, 3.8) is 0 Å². The molecule has 2 rings (SSSR count). The number of hydrogen-bond donors (Lipinski definition) is 1. The molecule has 0 bridgehead atoms. The predicted molar refractivity (Wildman–Crippen MR) is 89.4 cm³/mol. The van der Waals surface area contributed by atoms with Gasteiger partial charge in [-0.1, -0.05) is 55.1 Å². The second-order valence-corrected chi connectivity index (χ2v) is 9.19. The summed E-state index contributed by atoms with van der Waals surface area (Å²) in [6.45, 7) is 0.420. The average Bonchev–Trinajstić information content (AvgIpc) is 3.06. The van der Waals surface area contributed by atoms with Crippen molar-refractivity contribution in [3.8, 4) is 0 Å². The first-order valence-electron chi connectivity index (χ1n) is 6.00. The molecular weight excluding hydrogens is 453 g/mol. The Morgan fingerprint density at radius 1 is 1.25 bits per heavy atom. The van der Waals surface area contributed by atoms with Gasteiger partial charge < -0.3 is 0 Å². The first kappa shape index (κ1) is 17.0. The van der Waals surface area contributed by atoms with E-state index in [1.54, 1.807) is 0 Å². The monoisotopic (exact) mass is 463 g/mol. The van der Waals surface area contributed by atoms with Crippen molar-refractivity contribution in [3.05, 3.63) is 26.7 Å². The number of nitrogens with one attached hydrogen (secondary N) is 1. The van der Waals surface area contributed by atoms with Crippen molar-refractivity contribution in [2.45, 2.75) is 24.2 Å². The van der Waals surface area contributed by atoms with E-state index in [9.17, 15) is 8.42 Å². The van der Waals surface area contributed by atoms with Crippen LogP contribution >= 0.6 is 55.1 Å². The van der Waals surface area contributed by atoms with Gasteiger partial charge >= 0.3 is 0 Å². The zero-order chi connectivity index (χ0) is 15.0. The summed E-state index contributed by atoms with van der Waals surface area (Å²) in [5.74, 6) is 0. The van der Waals surface area contributed by atoms with Gasteiger partial charge in [0.15, 0.2) is 0 Å². The van der Waals surface area contributed by atoms with Gasteiger partial charge in [0.25, 0.3) is 0 Å². The third-order valence-electron chi connectivity index (χ3n) is 3.45. The molecule has 0 unspecified atom stereocenters. The normalized spacial score (nSPS) is 17.2. The smallest absolute Gasteiger partial charge is 0.210 e. The van der Waals surface area contributed by atoms with E-state index in [1.807, 2.05) is 0 Å². The van der Waals surface area contributed by atoms with Crippen LogP contribution in [0, 0.1) is 5.41 Å². The number of sulfonamides is 1.